The number of benzene rings is 3. The molecule has 5 nitrogen and oxygen atoms in total. The van der Waals surface area contributed by atoms with Crippen molar-refractivity contribution in [3.05, 3.63) is 101 Å². The van der Waals surface area contributed by atoms with Crippen LogP contribution in [0.1, 0.15) is 15.9 Å². The minimum atomic E-state index is -0.479. The summed E-state index contributed by atoms with van der Waals surface area (Å²) < 4.78 is 0. The first-order chi connectivity index (χ1) is 15.1. The van der Waals surface area contributed by atoms with E-state index in [2.05, 4.69) is 10.6 Å². The Morgan fingerprint density at radius 1 is 0.935 bits per heavy atom. The molecule has 2 amide bonds. The Labute approximate surface area is 190 Å². The van der Waals surface area contributed by atoms with Crippen molar-refractivity contribution in [2.75, 3.05) is 13.2 Å². The van der Waals surface area contributed by atoms with Crippen LogP contribution in [0.2, 0.25) is 5.02 Å². The highest BCUT2D eigenvalue weighted by Crippen LogP contribution is 2.33. The number of carbonyl (C=O) groups is 2. The standard InChI is InChI=1S/C24H21ClN2O3S/c25-20-8-4-5-9-22(20)31-19-12-10-17(11-13-19)16-21(24(30)26-14-15-28)27-23(29)18-6-2-1-3-7-18/h1-13,16,28H,14-15H2,(H,26,30)(H,27,29)/b21-16+. The molecule has 0 saturated carbocycles. The minimum Gasteiger partial charge on any atom is -0.395 e. The first kappa shape index (κ1) is 22.6. The molecule has 0 aliphatic carbocycles. The van der Waals surface area contributed by atoms with E-state index in [1.54, 1.807) is 30.3 Å². The number of nitrogens with one attached hydrogen (secondary N) is 2. The third kappa shape index (κ3) is 6.72. The fourth-order valence-electron chi connectivity index (χ4n) is 2.66. The average Bonchev–Trinajstić information content (AvgIpc) is 2.80. The van der Waals surface area contributed by atoms with Crippen molar-refractivity contribution in [2.45, 2.75) is 9.79 Å². The molecule has 3 N–H and O–H groups in total. The number of halogens is 1. The molecule has 0 aliphatic heterocycles. The number of hydrogen-bond donors (Lipinski definition) is 3. The summed E-state index contributed by atoms with van der Waals surface area (Å²) in [4.78, 5) is 27.0. The average molecular weight is 453 g/mol. The predicted octanol–water partition coefficient (Wildman–Crippen LogP) is 4.37. The van der Waals surface area contributed by atoms with Crippen LogP contribution in [0, 0.1) is 0 Å². The Morgan fingerprint density at radius 2 is 1.61 bits per heavy atom. The molecule has 0 spiro atoms. The summed E-state index contributed by atoms with van der Waals surface area (Å²) in [6.45, 7) is -0.107. The molecule has 3 aromatic carbocycles. The Kier molecular flexibility index (Phi) is 8.29. The molecule has 158 valence electrons. The van der Waals surface area contributed by atoms with Gasteiger partial charge in [-0.05, 0) is 48.0 Å². The first-order valence-electron chi connectivity index (χ1n) is 9.56. The van der Waals surface area contributed by atoms with Crippen LogP contribution in [-0.4, -0.2) is 30.1 Å². The summed E-state index contributed by atoms with van der Waals surface area (Å²) in [5.74, 6) is -0.871. The van der Waals surface area contributed by atoms with Crippen molar-refractivity contribution >= 4 is 41.3 Å². The topological polar surface area (TPSA) is 78.4 Å². The van der Waals surface area contributed by atoms with Gasteiger partial charge in [0.05, 0.1) is 11.6 Å². The highest BCUT2D eigenvalue weighted by atomic mass is 35.5. The van der Waals surface area contributed by atoms with Gasteiger partial charge in [0.2, 0.25) is 0 Å². The van der Waals surface area contributed by atoms with Crippen molar-refractivity contribution in [3.63, 3.8) is 0 Å². The molecule has 0 fully saturated rings. The summed E-state index contributed by atoms with van der Waals surface area (Å²) in [6.07, 6.45) is 1.59. The highest BCUT2D eigenvalue weighted by Gasteiger charge is 2.14. The Morgan fingerprint density at radius 3 is 2.29 bits per heavy atom. The van der Waals surface area contributed by atoms with Crippen molar-refractivity contribution < 1.29 is 14.7 Å². The lowest BCUT2D eigenvalue weighted by molar-refractivity contribution is -0.117. The first-order valence-corrected chi connectivity index (χ1v) is 10.8. The Bertz CT molecular complexity index is 1070. The van der Waals surface area contributed by atoms with E-state index in [4.69, 9.17) is 16.7 Å². The molecule has 0 radical (unpaired) electrons. The summed E-state index contributed by atoms with van der Waals surface area (Å²) >= 11 is 7.75. The van der Waals surface area contributed by atoms with Crippen LogP contribution >= 0.6 is 23.4 Å². The van der Waals surface area contributed by atoms with E-state index >= 15 is 0 Å². The molecule has 0 atom stereocenters. The Balaban J connectivity index is 1.79. The number of hydrogen-bond acceptors (Lipinski definition) is 4. The van der Waals surface area contributed by atoms with E-state index in [1.165, 1.54) is 11.8 Å². The molecule has 0 saturated heterocycles. The summed E-state index contributed by atoms with van der Waals surface area (Å²) in [6, 6.07) is 23.8. The van der Waals surface area contributed by atoms with E-state index in [1.807, 2.05) is 54.6 Å². The van der Waals surface area contributed by atoms with Gasteiger partial charge in [-0.15, -0.1) is 0 Å². The van der Waals surface area contributed by atoms with Gasteiger partial charge in [-0.25, -0.2) is 0 Å². The monoisotopic (exact) mass is 452 g/mol. The number of aliphatic hydroxyl groups is 1. The second kappa shape index (κ2) is 11.4. The van der Waals surface area contributed by atoms with Crippen LogP contribution in [0.25, 0.3) is 6.08 Å². The van der Waals surface area contributed by atoms with Gasteiger partial charge in [-0.1, -0.05) is 65.8 Å². The smallest absolute Gasteiger partial charge is 0.267 e. The van der Waals surface area contributed by atoms with Crippen LogP contribution in [0.3, 0.4) is 0 Å². The van der Waals surface area contributed by atoms with E-state index in [-0.39, 0.29) is 18.8 Å². The lowest BCUT2D eigenvalue weighted by Crippen LogP contribution is -2.36. The molecular weight excluding hydrogens is 432 g/mol. The zero-order chi connectivity index (χ0) is 22.1. The van der Waals surface area contributed by atoms with Crippen molar-refractivity contribution in [1.29, 1.82) is 0 Å². The normalized spacial score (nSPS) is 11.1. The largest absolute Gasteiger partial charge is 0.395 e. The number of amides is 2. The van der Waals surface area contributed by atoms with Crippen LogP contribution < -0.4 is 10.6 Å². The predicted molar refractivity (Wildman–Crippen MR) is 124 cm³/mol. The maximum absolute atomic E-state index is 12.5. The molecule has 0 bridgehead atoms. The minimum absolute atomic E-state index is 0.0881. The third-order valence-electron chi connectivity index (χ3n) is 4.18. The fourth-order valence-corrected chi connectivity index (χ4v) is 3.75. The second-order valence-electron chi connectivity index (χ2n) is 6.46. The second-order valence-corrected chi connectivity index (χ2v) is 7.98. The van der Waals surface area contributed by atoms with Gasteiger partial charge in [-0.3, -0.25) is 9.59 Å². The van der Waals surface area contributed by atoms with Crippen LogP contribution in [0.4, 0.5) is 0 Å². The van der Waals surface area contributed by atoms with Crippen LogP contribution in [0.5, 0.6) is 0 Å². The SMILES string of the molecule is O=C(NCCO)/C(=C\c1ccc(Sc2ccccc2Cl)cc1)NC(=O)c1ccccc1. The van der Waals surface area contributed by atoms with E-state index < -0.39 is 11.8 Å². The van der Waals surface area contributed by atoms with Gasteiger partial charge in [-0.2, -0.15) is 0 Å². The van der Waals surface area contributed by atoms with Gasteiger partial charge >= 0.3 is 0 Å². The molecule has 0 aliphatic rings. The van der Waals surface area contributed by atoms with E-state index in [0.29, 0.717) is 10.6 Å². The van der Waals surface area contributed by atoms with E-state index in [9.17, 15) is 9.59 Å². The van der Waals surface area contributed by atoms with Crippen molar-refractivity contribution in [3.8, 4) is 0 Å². The third-order valence-corrected chi connectivity index (χ3v) is 5.71. The fraction of sp³-hybridized carbons (Fsp3) is 0.0833. The molecular formula is C24H21ClN2O3S. The van der Waals surface area contributed by atoms with Crippen LogP contribution in [-0.2, 0) is 4.79 Å². The van der Waals surface area contributed by atoms with Crippen LogP contribution in [0.15, 0.2) is 94.4 Å². The quantitative estimate of drug-likeness (QED) is 0.443. The maximum Gasteiger partial charge on any atom is 0.267 e. The summed E-state index contributed by atoms with van der Waals surface area (Å²) in [5.41, 5.74) is 1.27. The lowest BCUT2D eigenvalue weighted by Gasteiger charge is -2.11. The molecule has 0 unspecified atom stereocenters. The molecule has 0 heterocycles. The highest BCUT2D eigenvalue weighted by molar-refractivity contribution is 7.99. The van der Waals surface area contributed by atoms with Crippen molar-refractivity contribution in [2.24, 2.45) is 0 Å². The molecule has 31 heavy (non-hydrogen) atoms. The lowest BCUT2D eigenvalue weighted by atomic mass is 10.1. The van der Waals surface area contributed by atoms with Gasteiger partial charge in [0.15, 0.2) is 0 Å². The zero-order valence-electron chi connectivity index (χ0n) is 16.5. The van der Waals surface area contributed by atoms with Gasteiger partial charge < -0.3 is 15.7 Å². The molecule has 7 heteroatoms. The number of aliphatic hydroxyl groups excluding tert-OH is 1. The summed E-state index contributed by atoms with van der Waals surface area (Å²) in [7, 11) is 0. The maximum atomic E-state index is 12.5. The zero-order valence-corrected chi connectivity index (χ0v) is 18.1. The van der Waals surface area contributed by atoms with Gasteiger partial charge in [0.25, 0.3) is 11.8 Å². The van der Waals surface area contributed by atoms with E-state index in [0.717, 1.165) is 15.4 Å². The Hall–Kier alpha value is -3.06. The van der Waals surface area contributed by atoms with Gasteiger partial charge in [0.1, 0.15) is 5.70 Å². The van der Waals surface area contributed by atoms with Crippen molar-refractivity contribution in [1.82, 2.24) is 10.6 Å². The molecule has 0 aromatic heterocycles. The summed E-state index contributed by atoms with van der Waals surface area (Å²) in [5, 5.41) is 14.9. The number of carbonyl (C=O) groups excluding carboxylic acids is 2. The molecule has 3 rings (SSSR count). The number of rotatable bonds is 8. The van der Waals surface area contributed by atoms with Gasteiger partial charge in [0, 0.05) is 21.9 Å². The molecule has 3 aromatic rings.